The summed E-state index contributed by atoms with van der Waals surface area (Å²) < 4.78 is 0. The highest BCUT2D eigenvalue weighted by Gasteiger charge is 2.26. The molecule has 0 aromatic heterocycles. The number of anilines is 1. The fourth-order valence-electron chi connectivity index (χ4n) is 4.38. The first kappa shape index (κ1) is 19.9. The monoisotopic (exact) mass is 392 g/mol. The van der Waals surface area contributed by atoms with E-state index in [4.69, 9.17) is 0 Å². The molecule has 2 heterocycles. The van der Waals surface area contributed by atoms with E-state index in [0.717, 1.165) is 44.7 Å². The Bertz CT molecular complexity index is 856. The molecule has 154 valence electrons. The number of rotatable bonds is 5. The second-order valence-corrected chi connectivity index (χ2v) is 8.49. The van der Waals surface area contributed by atoms with E-state index in [1.165, 1.54) is 22.4 Å². The maximum atomic E-state index is 12.7. The van der Waals surface area contributed by atoms with E-state index in [-0.39, 0.29) is 11.9 Å². The van der Waals surface area contributed by atoms with Gasteiger partial charge in [-0.1, -0.05) is 29.8 Å². The van der Waals surface area contributed by atoms with Crippen LogP contribution in [-0.2, 0) is 6.42 Å². The molecule has 4 rings (SSSR count). The first-order valence-corrected chi connectivity index (χ1v) is 10.6. The molecule has 5 heteroatoms. The highest BCUT2D eigenvalue weighted by molar-refractivity contribution is 5.94. The van der Waals surface area contributed by atoms with Gasteiger partial charge in [-0.25, -0.2) is 0 Å². The SMILES string of the molecule is Cc1ccc(C(=O)NC[C@@H](c2ccc3c(c2)CCN3C)N2CCN(C)CC2)cc1. The van der Waals surface area contributed by atoms with Crippen LogP contribution in [0.1, 0.15) is 33.1 Å². The Morgan fingerprint density at radius 1 is 1.00 bits per heavy atom. The summed E-state index contributed by atoms with van der Waals surface area (Å²) in [6.45, 7) is 7.94. The van der Waals surface area contributed by atoms with E-state index in [0.29, 0.717) is 6.54 Å². The quantitative estimate of drug-likeness (QED) is 0.849. The van der Waals surface area contributed by atoms with Gasteiger partial charge < -0.3 is 15.1 Å². The topological polar surface area (TPSA) is 38.8 Å². The highest BCUT2D eigenvalue weighted by Crippen LogP contribution is 2.31. The first-order valence-electron chi connectivity index (χ1n) is 10.6. The lowest BCUT2D eigenvalue weighted by molar-refractivity contribution is 0.0886. The Morgan fingerprint density at radius 3 is 2.45 bits per heavy atom. The summed E-state index contributed by atoms with van der Waals surface area (Å²) in [5.41, 5.74) is 5.97. The number of aryl methyl sites for hydroxylation is 1. The zero-order chi connectivity index (χ0) is 20.4. The van der Waals surface area contributed by atoms with Crippen LogP contribution in [0.2, 0.25) is 0 Å². The largest absolute Gasteiger partial charge is 0.374 e. The van der Waals surface area contributed by atoms with Crippen molar-refractivity contribution in [2.24, 2.45) is 0 Å². The molecule has 1 N–H and O–H groups in total. The zero-order valence-electron chi connectivity index (χ0n) is 17.8. The van der Waals surface area contributed by atoms with Crippen LogP contribution in [0.3, 0.4) is 0 Å². The van der Waals surface area contributed by atoms with E-state index in [1.54, 1.807) is 0 Å². The van der Waals surface area contributed by atoms with Crippen molar-refractivity contribution in [3.8, 4) is 0 Å². The number of hydrogen-bond acceptors (Lipinski definition) is 4. The third kappa shape index (κ3) is 4.46. The van der Waals surface area contributed by atoms with E-state index < -0.39 is 0 Å². The van der Waals surface area contributed by atoms with Crippen molar-refractivity contribution in [3.63, 3.8) is 0 Å². The van der Waals surface area contributed by atoms with Gasteiger partial charge in [0.05, 0.1) is 6.04 Å². The number of benzene rings is 2. The smallest absolute Gasteiger partial charge is 0.251 e. The van der Waals surface area contributed by atoms with Crippen molar-refractivity contribution in [2.45, 2.75) is 19.4 Å². The van der Waals surface area contributed by atoms with Crippen LogP contribution in [0.15, 0.2) is 42.5 Å². The van der Waals surface area contributed by atoms with Gasteiger partial charge in [0, 0.05) is 57.6 Å². The number of hydrogen-bond donors (Lipinski definition) is 1. The molecule has 1 amide bonds. The molecule has 2 aromatic rings. The normalized spacial score (nSPS) is 18.5. The number of nitrogens with zero attached hydrogens (tertiary/aromatic N) is 3. The van der Waals surface area contributed by atoms with Crippen molar-refractivity contribution >= 4 is 11.6 Å². The maximum Gasteiger partial charge on any atom is 0.251 e. The van der Waals surface area contributed by atoms with Crippen LogP contribution in [0.25, 0.3) is 0 Å². The molecule has 0 spiro atoms. The van der Waals surface area contributed by atoms with Gasteiger partial charge in [-0.15, -0.1) is 0 Å². The van der Waals surface area contributed by atoms with Gasteiger partial charge >= 0.3 is 0 Å². The predicted octanol–water partition coefficient (Wildman–Crippen LogP) is 2.71. The standard InChI is InChI=1S/C24H32N4O/c1-18-4-6-19(7-5-18)24(29)25-17-23(28-14-12-26(2)13-15-28)20-8-9-22-21(16-20)10-11-27(22)3/h4-9,16,23H,10-15,17H2,1-3H3,(H,25,29)/t23-/m0/s1. The van der Waals surface area contributed by atoms with Gasteiger partial charge in [-0.05, 0) is 49.7 Å². The molecule has 2 aliphatic rings. The number of likely N-dealkylation sites (N-methyl/N-ethyl adjacent to an activating group) is 2. The third-order valence-corrected chi connectivity index (χ3v) is 6.36. The van der Waals surface area contributed by atoms with Crippen LogP contribution >= 0.6 is 0 Å². The van der Waals surface area contributed by atoms with Gasteiger partial charge in [0.1, 0.15) is 0 Å². The van der Waals surface area contributed by atoms with Crippen LogP contribution in [-0.4, -0.2) is 69.1 Å². The Kier molecular flexibility index (Phi) is 5.88. The lowest BCUT2D eigenvalue weighted by Crippen LogP contribution is -2.48. The summed E-state index contributed by atoms with van der Waals surface area (Å²) in [7, 11) is 4.34. The fraction of sp³-hybridized carbons (Fsp3) is 0.458. The molecule has 0 unspecified atom stereocenters. The molecule has 2 aliphatic heterocycles. The van der Waals surface area contributed by atoms with Crippen molar-refractivity contribution < 1.29 is 4.79 Å². The average molecular weight is 393 g/mol. The minimum absolute atomic E-state index is 0.00465. The second-order valence-electron chi connectivity index (χ2n) is 8.49. The average Bonchev–Trinajstić information content (AvgIpc) is 3.10. The van der Waals surface area contributed by atoms with Crippen LogP contribution in [0.4, 0.5) is 5.69 Å². The molecule has 2 aromatic carbocycles. The summed E-state index contributed by atoms with van der Waals surface area (Å²) in [4.78, 5) is 19.9. The number of carbonyl (C=O) groups excluding carboxylic acids is 1. The Morgan fingerprint density at radius 2 is 1.72 bits per heavy atom. The molecular formula is C24H32N4O. The van der Waals surface area contributed by atoms with Crippen LogP contribution < -0.4 is 10.2 Å². The van der Waals surface area contributed by atoms with Gasteiger partial charge in [0.2, 0.25) is 0 Å². The van der Waals surface area contributed by atoms with Gasteiger partial charge in [0.15, 0.2) is 0 Å². The molecule has 0 aliphatic carbocycles. The minimum Gasteiger partial charge on any atom is -0.374 e. The molecule has 29 heavy (non-hydrogen) atoms. The molecule has 0 radical (unpaired) electrons. The fourth-order valence-corrected chi connectivity index (χ4v) is 4.38. The maximum absolute atomic E-state index is 12.7. The Balaban J connectivity index is 1.52. The summed E-state index contributed by atoms with van der Waals surface area (Å²) in [6, 6.07) is 14.9. The number of carbonyl (C=O) groups is 1. The van der Waals surface area contributed by atoms with Gasteiger partial charge in [-0.2, -0.15) is 0 Å². The third-order valence-electron chi connectivity index (χ3n) is 6.36. The van der Waals surface area contributed by atoms with E-state index in [9.17, 15) is 4.79 Å². The highest BCUT2D eigenvalue weighted by atomic mass is 16.1. The van der Waals surface area contributed by atoms with Gasteiger partial charge in [-0.3, -0.25) is 9.69 Å². The molecule has 5 nitrogen and oxygen atoms in total. The minimum atomic E-state index is 0.00465. The first-order chi connectivity index (χ1) is 14.0. The molecule has 1 saturated heterocycles. The van der Waals surface area contributed by atoms with Crippen molar-refractivity contribution in [1.82, 2.24) is 15.1 Å². The summed E-state index contributed by atoms with van der Waals surface area (Å²) in [5, 5.41) is 3.20. The van der Waals surface area contributed by atoms with Crippen molar-refractivity contribution in [2.75, 3.05) is 58.3 Å². The lowest BCUT2D eigenvalue weighted by atomic mass is 10.00. The summed E-state index contributed by atoms with van der Waals surface area (Å²) in [5.74, 6) is 0.00465. The molecular weight excluding hydrogens is 360 g/mol. The number of nitrogens with one attached hydrogen (secondary N) is 1. The van der Waals surface area contributed by atoms with E-state index in [1.807, 2.05) is 31.2 Å². The van der Waals surface area contributed by atoms with Crippen molar-refractivity contribution in [3.05, 3.63) is 64.7 Å². The van der Waals surface area contributed by atoms with Crippen LogP contribution in [0.5, 0.6) is 0 Å². The molecule has 1 atom stereocenters. The van der Waals surface area contributed by atoms with Crippen molar-refractivity contribution in [1.29, 1.82) is 0 Å². The molecule has 1 fully saturated rings. The van der Waals surface area contributed by atoms with Gasteiger partial charge in [0.25, 0.3) is 5.91 Å². The predicted molar refractivity (Wildman–Crippen MR) is 119 cm³/mol. The van der Waals surface area contributed by atoms with E-state index in [2.05, 4.69) is 52.3 Å². The summed E-state index contributed by atoms with van der Waals surface area (Å²) in [6.07, 6.45) is 1.10. The summed E-state index contributed by atoms with van der Waals surface area (Å²) >= 11 is 0. The number of amides is 1. The second kappa shape index (κ2) is 8.56. The number of piperazine rings is 1. The lowest BCUT2D eigenvalue weighted by Gasteiger charge is -2.38. The Labute approximate surface area is 174 Å². The van der Waals surface area contributed by atoms with Crippen LogP contribution in [0, 0.1) is 6.92 Å². The Hall–Kier alpha value is -2.37. The number of fused-ring (bicyclic) bond motifs is 1. The molecule has 0 bridgehead atoms. The van der Waals surface area contributed by atoms with E-state index >= 15 is 0 Å². The zero-order valence-corrected chi connectivity index (χ0v) is 17.8. The molecule has 0 saturated carbocycles.